The smallest absolute Gasteiger partial charge is 0.133 e. The van der Waals surface area contributed by atoms with Crippen molar-refractivity contribution in [2.75, 3.05) is 33.8 Å². The van der Waals surface area contributed by atoms with E-state index in [-0.39, 0.29) is 0 Å². The van der Waals surface area contributed by atoms with E-state index in [0.717, 1.165) is 56.3 Å². The van der Waals surface area contributed by atoms with Crippen molar-refractivity contribution >= 4 is 0 Å². The Morgan fingerprint density at radius 3 is 2.88 bits per heavy atom. The number of rotatable bonds is 8. The molecule has 0 unspecified atom stereocenters. The van der Waals surface area contributed by atoms with Crippen LogP contribution in [0.15, 0.2) is 34.9 Å². The van der Waals surface area contributed by atoms with Crippen molar-refractivity contribution in [3.8, 4) is 5.75 Å². The van der Waals surface area contributed by atoms with E-state index in [0.29, 0.717) is 6.04 Å². The summed E-state index contributed by atoms with van der Waals surface area (Å²) < 4.78 is 11.4. The van der Waals surface area contributed by atoms with Gasteiger partial charge in [0, 0.05) is 24.7 Å². The number of para-hydroxylation sites is 1. The zero-order valence-electron chi connectivity index (χ0n) is 16.3. The molecule has 1 aliphatic heterocycles. The minimum Gasteiger partial charge on any atom is -0.493 e. The Bertz CT molecular complexity index is 683. The molecule has 1 fully saturated rings. The van der Waals surface area contributed by atoms with Crippen LogP contribution < -0.4 is 4.74 Å². The first-order chi connectivity index (χ1) is 12.6. The second-order valence-electron chi connectivity index (χ2n) is 7.46. The zero-order chi connectivity index (χ0) is 18.4. The molecule has 0 saturated carbocycles. The first-order valence-corrected chi connectivity index (χ1v) is 9.66. The summed E-state index contributed by atoms with van der Waals surface area (Å²) in [5.41, 5.74) is 2.32. The van der Waals surface area contributed by atoms with E-state index >= 15 is 0 Å². The molecule has 1 aliphatic rings. The minimum atomic E-state index is 0.336. The van der Waals surface area contributed by atoms with Gasteiger partial charge in [0.15, 0.2) is 0 Å². The summed E-state index contributed by atoms with van der Waals surface area (Å²) in [5, 5.41) is 4.28. The Hall–Kier alpha value is -1.85. The van der Waals surface area contributed by atoms with Gasteiger partial charge in [-0.1, -0.05) is 29.8 Å². The predicted molar refractivity (Wildman–Crippen MR) is 103 cm³/mol. The van der Waals surface area contributed by atoms with E-state index in [1.807, 2.05) is 6.92 Å². The van der Waals surface area contributed by atoms with Crippen LogP contribution in [0.2, 0.25) is 0 Å². The van der Waals surface area contributed by atoms with Crippen molar-refractivity contribution in [3.63, 3.8) is 0 Å². The van der Waals surface area contributed by atoms with Crippen molar-refractivity contribution in [2.24, 2.45) is 0 Å². The summed E-state index contributed by atoms with van der Waals surface area (Å²) in [6.45, 7) is 5.73. The molecule has 142 valence electrons. The quantitative estimate of drug-likeness (QED) is 0.667. The van der Waals surface area contributed by atoms with Crippen molar-refractivity contribution in [1.29, 1.82) is 0 Å². The zero-order valence-corrected chi connectivity index (χ0v) is 16.3. The van der Waals surface area contributed by atoms with Gasteiger partial charge in [-0.05, 0) is 52.9 Å². The first-order valence-electron chi connectivity index (χ1n) is 9.66. The molecule has 0 spiro atoms. The van der Waals surface area contributed by atoms with Crippen LogP contribution >= 0.6 is 0 Å². The lowest BCUT2D eigenvalue weighted by atomic mass is 9.98. The molecule has 2 aromatic rings. The fourth-order valence-electron chi connectivity index (χ4n) is 3.61. The molecule has 0 radical (unpaired) electrons. The maximum atomic E-state index is 6.09. The number of aromatic nitrogens is 1. The minimum absolute atomic E-state index is 0.336. The summed E-state index contributed by atoms with van der Waals surface area (Å²) in [4.78, 5) is 4.70. The fourth-order valence-corrected chi connectivity index (χ4v) is 3.61. The molecule has 0 N–H and O–H groups in total. The first kappa shape index (κ1) is 18.9. The van der Waals surface area contributed by atoms with Gasteiger partial charge in [0.05, 0.1) is 12.6 Å². The van der Waals surface area contributed by atoms with Gasteiger partial charge in [-0.15, -0.1) is 0 Å². The molecular formula is C21H31N3O2. The van der Waals surface area contributed by atoms with Crippen LogP contribution in [0, 0.1) is 6.92 Å². The number of benzene rings is 1. The maximum absolute atomic E-state index is 6.09. The molecule has 1 aromatic heterocycles. The number of hydrogen-bond donors (Lipinski definition) is 0. The maximum Gasteiger partial charge on any atom is 0.133 e. The third-order valence-corrected chi connectivity index (χ3v) is 4.95. The van der Waals surface area contributed by atoms with E-state index in [2.05, 4.69) is 59.4 Å². The largest absolute Gasteiger partial charge is 0.493 e. The van der Waals surface area contributed by atoms with Crippen LogP contribution in [-0.4, -0.2) is 48.7 Å². The van der Waals surface area contributed by atoms with E-state index in [9.17, 15) is 0 Å². The van der Waals surface area contributed by atoms with Crippen molar-refractivity contribution in [2.45, 2.75) is 45.2 Å². The van der Waals surface area contributed by atoms with Gasteiger partial charge in [-0.25, -0.2) is 0 Å². The van der Waals surface area contributed by atoms with Gasteiger partial charge in [-0.2, -0.15) is 0 Å². The van der Waals surface area contributed by atoms with Gasteiger partial charge < -0.3 is 14.2 Å². The Balaban J connectivity index is 1.66. The van der Waals surface area contributed by atoms with Crippen molar-refractivity contribution in [1.82, 2.24) is 15.0 Å². The lowest BCUT2D eigenvalue weighted by Crippen LogP contribution is -2.33. The SMILES string of the molecule is Cc1cc([C@H]2CCCCN2Cc2ccccc2OCCCN(C)C)no1. The van der Waals surface area contributed by atoms with E-state index in [4.69, 9.17) is 9.26 Å². The summed E-state index contributed by atoms with van der Waals surface area (Å²) in [7, 11) is 4.19. The third-order valence-electron chi connectivity index (χ3n) is 4.95. The van der Waals surface area contributed by atoms with Crippen LogP contribution in [0.1, 0.15) is 48.7 Å². The highest BCUT2D eigenvalue weighted by atomic mass is 16.5. The van der Waals surface area contributed by atoms with Gasteiger partial charge in [0.1, 0.15) is 17.2 Å². The molecule has 1 atom stereocenters. The summed E-state index contributed by atoms with van der Waals surface area (Å²) in [5.74, 6) is 1.89. The van der Waals surface area contributed by atoms with Crippen molar-refractivity contribution < 1.29 is 9.26 Å². The van der Waals surface area contributed by atoms with Crippen LogP contribution in [0.4, 0.5) is 0 Å². The number of ether oxygens (including phenoxy) is 1. The topological polar surface area (TPSA) is 41.7 Å². The lowest BCUT2D eigenvalue weighted by molar-refractivity contribution is 0.132. The second-order valence-corrected chi connectivity index (χ2v) is 7.46. The monoisotopic (exact) mass is 357 g/mol. The molecule has 0 bridgehead atoms. The molecule has 5 heteroatoms. The number of nitrogens with zero attached hydrogens (tertiary/aromatic N) is 3. The van der Waals surface area contributed by atoms with Crippen LogP contribution in [0.3, 0.4) is 0 Å². The summed E-state index contributed by atoms with van der Waals surface area (Å²) in [6.07, 6.45) is 4.65. The Morgan fingerprint density at radius 2 is 2.12 bits per heavy atom. The summed E-state index contributed by atoms with van der Waals surface area (Å²) in [6, 6.07) is 10.8. The van der Waals surface area contributed by atoms with E-state index < -0.39 is 0 Å². The Labute approximate surface area is 156 Å². The second kappa shape index (κ2) is 9.19. The Kier molecular flexibility index (Phi) is 6.69. The van der Waals surface area contributed by atoms with Crippen molar-refractivity contribution in [3.05, 3.63) is 47.3 Å². The lowest BCUT2D eigenvalue weighted by Gasteiger charge is -2.34. The highest BCUT2D eigenvalue weighted by Gasteiger charge is 2.27. The molecule has 1 saturated heterocycles. The highest BCUT2D eigenvalue weighted by Crippen LogP contribution is 2.33. The number of likely N-dealkylation sites (tertiary alicyclic amines) is 1. The molecule has 2 heterocycles. The number of piperidine rings is 1. The molecule has 3 rings (SSSR count). The Morgan fingerprint density at radius 1 is 1.27 bits per heavy atom. The third kappa shape index (κ3) is 5.08. The normalized spacial score (nSPS) is 18.4. The van der Waals surface area contributed by atoms with Gasteiger partial charge in [0.2, 0.25) is 0 Å². The number of hydrogen-bond acceptors (Lipinski definition) is 5. The number of aryl methyl sites for hydroxylation is 1. The van der Waals surface area contributed by atoms with Gasteiger partial charge >= 0.3 is 0 Å². The average Bonchev–Trinajstić information content (AvgIpc) is 3.06. The highest BCUT2D eigenvalue weighted by molar-refractivity contribution is 5.33. The predicted octanol–water partition coefficient (Wildman–Crippen LogP) is 4.04. The fraction of sp³-hybridized carbons (Fsp3) is 0.571. The average molecular weight is 357 g/mol. The molecular weight excluding hydrogens is 326 g/mol. The van der Waals surface area contributed by atoms with Crippen LogP contribution in [0.25, 0.3) is 0 Å². The molecule has 0 aliphatic carbocycles. The standard InChI is InChI=1S/C21H31N3O2/c1-17-15-19(22-26-17)20-10-6-7-13-24(20)16-18-9-4-5-11-21(18)25-14-8-12-23(2)3/h4-5,9,11,15,20H,6-8,10,12-14,16H2,1-3H3/t20-/m1/s1. The van der Waals surface area contributed by atoms with Crippen LogP contribution in [-0.2, 0) is 6.54 Å². The van der Waals surface area contributed by atoms with E-state index in [1.165, 1.54) is 18.4 Å². The summed E-state index contributed by atoms with van der Waals surface area (Å²) >= 11 is 0. The molecule has 26 heavy (non-hydrogen) atoms. The van der Waals surface area contributed by atoms with Gasteiger partial charge in [0.25, 0.3) is 0 Å². The molecule has 1 aromatic carbocycles. The molecule has 0 amide bonds. The van der Waals surface area contributed by atoms with Gasteiger partial charge in [-0.3, -0.25) is 4.90 Å². The molecule has 5 nitrogen and oxygen atoms in total. The van der Waals surface area contributed by atoms with E-state index in [1.54, 1.807) is 0 Å². The van der Waals surface area contributed by atoms with Crippen LogP contribution in [0.5, 0.6) is 5.75 Å².